The number of allylic oxidation sites excluding steroid dienone is 2. The first-order valence-corrected chi connectivity index (χ1v) is 10.0. The molecule has 0 aliphatic rings. The fraction of sp³-hybridized carbons (Fsp3) is 0.160. The summed E-state index contributed by atoms with van der Waals surface area (Å²) in [6.45, 7) is 3.89. The Kier molecular flexibility index (Phi) is 7.54. The molecule has 0 bridgehead atoms. The van der Waals surface area contributed by atoms with Crippen molar-refractivity contribution >= 4 is 11.9 Å². The third kappa shape index (κ3) is 6.27. The topological polar surface area (TPSA) is 78.6 Å². The summed E-state index contributed by atoms with van der Waals surface area (Å²) >= 11 is 0. The van der Waals surface area contributed by atoms with Gasteiger partial charge in [-0.05, 0) is 61.4 Å². The molecule has 0 saturated carbocycles. The zero-order valence-electron chi connectivity index (χ0n) is 17.4. The van der Waals surface area contributed by atoms with Crippen LogP contribution < -0.4 is 9.47 Å². The highest BCUT2D eigenvalue weighted by Gasteiger charge is 2.10. The SMILES string of the molecule is CCC=CC(=O)Oc1ccc(-c2cnc(-c3ccc(OC(=O)C=CCC)cc3)o2)cc1. The second-order valence-corrected chi connectivity index (χ2v) is 6.54. The Morgan fingerprint density at radius 1 is 0.806 bits per heavy atom. The highest BCUT2D eigenvalue weighted by atomic mass is 16.5. The minimum atomic E-state index is -0.413. The first kappa shape index (κ1) is 21.8. The van der Waals surface area contributed by atoms with Crippen LogP contribution in [0.3, 0.4) is 0 Å². The van der Waals surface area contributed by atoms with Crippen LogP contribution in [0.15, 0.2) is 83.4 Å². The van der Waals surface area contributed by atoms with E-state index in [0.29, 0.717) is 23.1 Å². The largest absolute Gasteiger partial charge is 0.436 e. The number of hydrogen-bond acceptors (Lipinski definition) is 6. The molecule has 0 atom stereocenters. The van der Waals surface area contributed by atoms with E-state index in [2.05, 4.69) is 4.98 Å². The number of esters is 2. The van der Waals surface area contributed by atoms with Crippen molar-refractivity contribution in [1.82, 2.24) is 4.98 Å². The van der Waals surface area contributed by atoms with Crippen molar-refractivity contribution in [1.29, 1.82) is 0 Å². The average Bonchev–Trinajstić information content (AvgIpc) is 3.27. The molecule has 31 heavy (non-hydrogen) atoms. The summed E-state index contributed by atoms with van der Waals surface area (Å²) in [6.07, 6.45) is 9.46. The van der Waals surface area contributed by atoms with Crippen LogP contribution in [0.5, 0.6) is 11.5 Å². The Balaban J connectivity index is 1.66. The van der Waals surface area contributed by atoms with Crippen LogP contribution in [0, 0.1) is 0 Å². The quantitative estimate of drug-likeness (QED) is 0.264. The lowest BCUT2D eigenvalue weighted by Crippen LogP contribution is -2.03. The summed E-state index contributed by atoms with van der Waals surface area (Å²) < 4.78 is 16.3. The molecule has 6 nitrogen and oxygen atoms in total. The van der Waals surface area contributed by atoms with Crippen molar-refractivity contribution in [2.24, 2.45) is 0 Å². The maximum Gasteiger partial charge on any atom is 0.335 e. The molecule has 0 unspecified atom stereocenters. The van der Waals surface area contributed by atoms with Crippen molar-refractivity contribution in [3.05, 3.63) is 79.0 Å². The van der Waals surface area contributed by atoms with Crippen LogP contribution in [0.25, 0.3) is 22.8 Å². The summed E-state index contributed by atoms with van der Waals surface area (Å²) in [5.74, 6) is 1.10. The molecule has 6 heteroatoms. The van der Waals surface area contributed by atoms with E-state index >= 15 is 0 Å². The van der Waals surface area contributed by atoms with E-state index in [9.17, 15) is 9.59 Å². The molecule has 0 spiro atoms. The van der Waals surface area contributed by atoms with Gasteiger partial charge in [-0.1, -0.05) is 26.0 Å². The molecule has 2 aromatic carbocycles. The fourth-order valence-electron chi connectivity index (χ4n) is 2.62. The van der Waals surface area contributed by atoms with Crippen LogP contribution in [0.1, 0.15) is 26.7 Å². The molecule has 0 aliphatic heterocycles. The number of nitrogens with zero attached hydrogens (tertiary/aromatic N) is 1. The minimum absolute atomic E-state index is 0.410. The number of oxazole rings is 1. The van der Waals surface area contributed by atoms with E-state index in [1.165, 1.54) is 12.2 Å². The van der Waals surface area contributed by atoms with Crippen LogP contribution in [0.2, 0.25) is 0 Å². The number of ether oxygens (including phenoxy) is 2. The van der Waals surface area contributed by atoms with E-state index in [1.807, 2.05) is 13.8 Å². The van der Waals surface area contributed by atoms with Gasteiger partial charge in [0.15, 0.2) is 5.76 Å². The van der Waals surface area contributed by atoms with Gasteiger partial charge in [-0.15, -0.1) is 0 Å². The molecule has 1 heterocycles. The van der Waals surface area contributed by atoms with E-state index < -0.39 is 11.9 Å². The number of carbonyl (C=O) groups excluding carboxylic acids is 2. The summed E-state index contributed by atoms with van der Waals surface area (Å²) in [6, 6.07) is 13.9. The van der Waals surface area contributed by atoms with Crippen LogP contribution >= 0.6 is 0 Å². The van der Waals surface area contributed by atoms with E-state index in [4.69, 9.17) is 13.9 Å². The molecule has 1 aromatic heterocycles. The standard InChI is InChI=1S/C25H23NO5/c1-3-5-7-23(27)29-20-13-9-18(10-14-20)22-17-26-25(31-22)19-11-15-21(16-12-19)30-24(28)8-6-4-2/h5-17H,3-4H2,1-2H3. The Morgan fingerprint density at radius 3 is 1.77 bits per heavy atom. The summed E-state index contributed by atoms with van der Waals surface area (Å²) in [4.78, 5) is 27.6. The molecule has 158 valence electrons. The first-order valence-electron chi connectivity index (χ1n) is 10.0. The van der Waals surface area contributed by atoms with Crippen molar-refractivity contribution in [3.8, 4) is 34.3 Å². The predicted octanol–water partition coefficient (Wildman–Crippen LogP) is 5.75. The third-order valence-electron chi connectivity index (χ3n) is 4.16. The van der Waals surface area contributed by atoms with Gasteiger partial charge in [-0.25, -0.2) is 14.6 Å². The smallest absolute Gasteiger partial charge is 0.335 e. The monoisotopic (exact) mass is 417 g/mol. The lowest BCUT2D eigenvalue weighted by atomic mass is 10.2. The number of aromatic nitrogens is 1. The van der Waals surface area contributed by atoms with E-state index in [1.54, 1.807) is 66.9 Å². The molecular weight excluding hydrogens is 394 g/mol. The summed E-state index contributed by atoms with van der Waals surface area (Å²) in [7, 11) is 0. The van der Waals surface area contributed by atoms with E-state index in [0.717, 1.165) is 24.0 Å². The minimum Gasteiger partial charge on any atom is -0.436 e. The number of carbonyl (C=O) groups is 2. The molecule has 0 radical (unpaired) electrons. The van der Waals surface area contributed by atoms with Crippen LogP contribution in [-0.4, -0.2) is 16.9 Å². The predicted molar refractivity (Wildman–Crippen MR) is 118 cm³/mol. The molecule has 3 aromatic rings. The maximum atomic E-state index is 11.6. The Morgan fingerprint density at radius 2 is 1.29 bits per heavy atom. The Hall–Kier alpha value is -3.93. The summed E-state index contributed by atoms with van der Waals surface area (Å²) in [5, 5.41) is 0. The van der Waals surface area contributed by atoms with E-state index in [-0.39, 0.29) is 0 Å². The van der Waals surface area contributed by atoms with Crippen LogP contribution in [0.4, 0.5) is 0 Å². The maximum absolute atomic E-state index is 11.6. The summed E-state index contributed by atoms with van der Waals surface area (Å²) in [5.41, 5.74) is 1.55. The molecular formula is C25H23NO5. The number of rotatable bonds is 8. The molecule has 0 amide bonds. The van der Waals surface area contributed by atoms with Crippen molar-refractivity contribution in [2.75, 3.05) is 0 Å². The van der Waals surface area contributed by atoms with Crippen molar-refractivity contribution in [3.63, 3.8) is 0 Å². The van der Waals surface area contributed by atoms with Gasteiger partial charge >= 0.3 is 11.9 Å². The zero-order chi connectivity index (χ0) is 22.1. The molecule has 3 rings (SSSR count). The average molecular weight is 417 g/mol. The highest BCUT2D eigenvalue weighted by Crippen LogP contribution is 2.28. The number of benzene rings is 2. The van der Waals surface area contributed by atoms with Crippen molar-refractivity contribution in [2.45, 2.75) is 26.7 Å². The Bertz CT molecular complexity index is 990. The third-order valence-corrected chi connectivity index (χ3v) is 4.16. The highest BCUT2D eigenvalue weighted by molar-refractivity contribution is 5.84. The molecule has 0 N–H and O–H groups in total. The first-order chi connectivity index (χ1) is 15.1. The van der Waals surface area contributed by atoms with Gasteiger partial charge < -0.3 is 13.9 Å². The lowest BCUT2D eigenvalue weighted by Gasteiger charge is -2.03. The second-order valence-electron chi connectivity index (χ2n) is 6.54. The molecule has 0 fully saturated rings. The van der Waals surface area contributed by atoms with Gasteiger partial charge in [0.2, 0.25) is 5.89 Å². The molecule has 0 aliphatic carbocycles. The van der Waals surface area contributed by atoms with Gasteiger partial charge in [0, 0.05) is 23.3 Å². The van der Waals surface area contributed by atoms with Gasteiger partial charge in [0.05, 0.1) is 6.20 Å². The van der Waals surface area contributed by atoms with Gasteiger partial charge in [0.25, 0.3) is 0 Å². The van der Waals surface area contributed by atoms with Crippen molar-refractivity contribution < 1.29 is 23.5 Å². The Labute approximate surface area is 180 Å². The van der Waals surface area contributed by atoms with Crippen LogP contribution in [-0.2, 0) is 9.59 Å². The van der Waals surface area contributed by atoms with Gasteiger partial charge in [0.1, 0.15) is 11.5 Å². The second kappa shape index (κ2) is 10.7. The normalized spacial score (nSPS) is 11.2. The lowest BCUT2D eigenvalue weighted by molar-refractivity contribution is -0.129. The van der Waals surface area contributed by atoms with Gasteiger partial charge in [-0.2, -0.15) is 0 Å². The van der Waals surface area contributed by atoms with Gasteiger partial charge in [-0.3, -0.25) is 0 Å². The molecule has 0 saturated heterocycles. The zero-order valence-corrected chi connectivity index (χ0v) is 17.4. The fourth-order valence-corrected chi connectivity index (χ4v) is 2.62. The number of hydrogen-bond donors (Lipinski definition) is 0.